The van der Waals surface area contributed by atoms with Gasteiger partial charge in [0.2, 0.25) is 5.88 Å². The molecule has 35 heavy (non-hydrogen) atoms. The topological polar surface area (TPSA) is 105 Å². The van der Waals surface area contributed by atoms with Crippen LogP contribution in [0, 0.1) is 5.82 Å². The van der Waals surface area contributed by atoms with E-state index < -0.39 is 47.1 Å². The minimum Gasteiger partial charge on any atom is -0.465 e. The van der Waals surface area contributed by atoms with Crippen LogP contribution in [0.5, 0.6) is 5.88 Å². The summed E-state index contributed by atoms with van der Waals surface area (Å²) >= 11 is 6.98. The van der Waals surface area contributed by atoms with Crippen molar-refractivity contribution in [1.29, 1.82) is 0 Å². The number of alkyl halides is 2. The molecule has 0 radical (unpaired) electrons. The Bertz CT molecular complexity index is 1390. The Balaban J connectivity index is 2.05. The van der Waals surface area contributed by atoms with E-state index in [0.717, 1.165) is 24.9 Å². The molecule has 3 rings (SSSR count). The molecule has 0 unspecified atom stereocenters. The summed E-state index contributed by atoms with van der Waals surface area (Å²) in [6.07, 6.45) is 1.41. The average Bonchev–Trinajstić information content (AvgIpc) is 2.78. The maximum absolute atomic E-state index is 14.7. The van der Waals surface area contributed by atoms with E-state index in [-0.39, 0.29) is 22.5 Å². The summed E-state index contributed by atoms with van der Waals surface area (Å²) in [5.74, 6) is -5.94. The summed E-state index contributed by atoms with van der Waals surface area (Å²) in [6.45, 7) is 1.91. The van der Waals surface area contributed by atoms with Crippen molar-refractivity contribution in [3.8, 4) is 11.7 Å². The van der Waals surface area contributed by atoms with Crippen LogP contribution in [0.2, 0.25) is 5.02 Å². The van der Waals surface area contributed by atoms with E-state index in [2.05, 4.69) is 9.97 Å². The molecule has 0 bridgehead atoms. The van der Waals surface area contributed by atoms with Crippen molar-refractivity contribution >= 4 is 29.3 Å². The molecule has 0 aliphatic rings. The van der Waals surface area contributed by atoms with Crippen molar-refractivity contribution in [2.45, 2.75) is 29.7 Å². The highest BCUT2D eigenvalue weighted by Gasteiger charge is 2.30. The monoisotopic (exact) mass is 530 g/mol. The molecular formula is C21H18ClF3N4O5S. The third kappa shape index (κ3) is 5.85. The van der Waals surface area contributed by atoms with Crippen molar-refractivity contribution in [3.05, 3.63) is 67.8 Å². The number of nitrogens with zero attached hydrogens (tertiary/aromatic N) is 4. The first kappa shape index (κ1) is 26.3. The molecule has 9 nitrogen and oxygen atoms in total. The summed E-state index contributed by atoms with van der Waals surface area (Å²) in [4.78, 5) is 45.2. The van der Waals surface area contributed by atoms with Gasteiger partial charge in [0.1, 0.15) is 5.03 Å². The lowest BCUT2D eigenvalue weighted by molar-refractivity contribution is -0.145. The summed E-state index contributed by atoms with van der Waals surface area (Å²) < 4.78 is 53.3. The molecule has 0 saturated carbocycles. The fraction of sp³-hybridized carbons (Fsp3) is 0.286. The van der Waals surface area contributed by atoms with Crippen LogP contribution in [-0.4, -0.2) is 38.3 Å². The van der Waals surface area contributed by atoms with Gasteiger partial charge in [0.15, 0.2) is 18.2 Å². The first-order chi connectivity index (χ1) is 16.4. The number of pyridine rings is 2. The first-order valence-electron chi connectivity index (χ1n) is 9.93. The number of hydrogen-bond donors (Lipinski definition) is 0. The van der Waals surface area contributed by atoms with E-state index in [1.165, 1.54) is 6.20 Å². The average molecular weight is 531 g/mol. The standard InChI is InChI=1S/C21H18ClF3N4O5S/c1-4-33-16(31)10-34-18-13(6-5-7-26-18)35-19-11(22)8-12(23)17(27-19)29-15(30)9-14(21(2,24)25)28(3)20(29)32/h5-9H,4,10H2,1-3H3. The number of carbonyl (C=O) groups is 1. The Labute approximate surface area is 205 Å². The van der Waals surface area contributed by atoms with Crippen molar-refractivity contribution in [3.63, 3.8) is 0 Å². The van der Waals surface area contributed by atoms with Gasteiger partial charge < -0.3 is 9.47 Å². The van der Waals surface area contributed by atoms with Gasteiger partial charge in [-0.05, 0) is 25.1 Å². The van der Waals surface area contributed by atoms with Crippen molar-refractivity contribution < 1.29 is 27.4 Å². The van der Waals surface area contributed by atoms with Crippen LogP contribution in [0.4, 0.5) is 13.2 Å². The molecule has 14 heteroatoms. The Morgan fingerprint density at radius 1 is 1.29 bits per heavy atom. The predicted octanol–water partition coefficient (Wildman–Crippen LogP) is 3.32. The molecule has 0 saturated heterocycles. The SMILES string of the molecule is CCOC(=O)COc1ncccc1Sc1nc(-n2c(=O)cc(C(C)(F)F)n(C)c2=O)c(F)cc1Cl. The second-order valence-electron chi connectivity index (χ2n) is 7.02. The largest absolute Gasteiger partial charge is 0.465 e. The molecule has 0 aromatic carbocycles. The zero-order chi connectivity index (χ0) is 25.9. The molecule has 0 fully saturated rings. The molecule has 0 atom stereocenters. The lowest BCUT2D eigenvalue weighted by atomic mass is 10.2. The quantitative estimate of drug-likeness (QED) is 0.408. The van der Waals surface area contributed by atoms with Gasteiger partial charge in [-0.1, -0.05) is 23.4 Å². The Hall–Kier alpha value is -3.32. The van der Waals surface area contributed by atoms with Gasteiger partial charge in [0, 0.05) is 26.2 Å². The summed E-state index contributed by atoms with van der Waals surface area (Å²) in [7, 11) is 1.03. The zero-order valence-corrected chi connectivity index (χ0v) is 20.1. The van der Waals surface area contributed by atoms with Gasteiger partial charge >= 0.3 is 11.7 Å². The Morgan fingerprint density at radius 3 is 2.66 bits per heavy atom. The highest BCUT2D eigenvalue weighted by atomic mass is 35.5. The molecule has 0 aliphatic carbocycles. The van der Waals surface area contributed by atoms with E-state index >= 15 is 0 Å². The zero-order valence-electron chi connectivity index (χ0n) is 18.6. The summed E-state index contributed by atoms with van der Waals surface area (Å²) in [5, 5.41) is -0.214. The van der Waals surface area contributed by atoms with Crippen LogP contribution in [0.3, 0.4) is 0 Å². The summed E-state index contributed by atoms with van der Waals surface area (Å²) in [5.41, 5.74) is -3.26. The van der Waals surface area contributed by atoms with Gasteiger partial charge in [0.25, 0.3) is 11.5 Å². The molecule has 0 aliphatic heterocycles. The number of esters is 1. The second-order valence-corrected chi connectivity index (χ2v) is 8.45. The highest BCUT2D eigenvalue weighted by molar-refractivity contribution is 7.99. The fourth-order valence-corrected chi connectivity index (χ4v) is 4.00. The van der Waals surface area contributed by atoms with Crippen LogP contribution < -0.4 is 16.0 Å². The number of rotatable bonds is 8. The number of carbonyl (C=O) groups excluding carboxylic acids is 1. The maximum atomic E-state index is 14.7. The molecule has 0 amide bonds. The molecule has 3 aromatic rings. The van der Waals surface area contributed by atoms with Gasteiger partial charge in [0.05, 0.1) is 22.2 Å². The lowest BCUT2D eigenvalue weighted by Crippen LogP contribution is -2.41. The predicted molar refractivity (Wildman–Crippen MR) is 120 cm³/mol. The van der Waals surface area contributed by atoms with Gasteiger partial charge in [-0.15, -0.1) is 0 Å². The minimum absolute atomic E-state index is 0.0249. The number of ether oxygens (including phenoxy) is 2. The maximum Gasteiger partial charge on any atom is 0.344 e. The first-order valence-corrected chi connectivity index (χ1v) is 11.1. The van der Waals surface area contributed by atoms with E-state index in [1.54, 1.807) is 19.1 Å². The lowest BCUT2D eigenvalue weighted by Gasteiger charge is -2.17. The molecule has 3 aromatic heterocycles. The normalized spacial score (nSPS) is 11.4. The van der Waals surface area contributed by atoms with Crippen LogP contribution in [0.1, 0.15) is 19.5 Å². The van der Waals surface area contributed by atoms with Gasteiger partial charge in [-0.3, -0.25) is 9.36 Å². The third-order valence-corrected chi connectivity index (χ3v) is 5.87. The van der Waals surface area contributed by atoms with Crippen molar-refractivity contribution in [2.24, 2.45) is 7.05 Å². The Kier molecular flexibility index (Phi) is 7.90. The van der Waals surface area contributed by atoms with E-state index in [4.69, 9.17) is 21.1 Å². The smallest absolute Gasteiger partial charge is 0.344 e. The Morgan fingerprint density at radius 2 is 2.00 bits per heavy atom. The van der Waals surface area contributed by atoms with E-state index in [1.807, 2.05) is 0 Å². The highest BCUT2D eigenvalue weighted by Crippen LogP contribution is 2.37. The molecule has 0 spiro atoms. The van der Waals surface area contributed by atoms with Crippen LogP contribution in [0.25, 0.3) is 5.82 Å². The van der Waals surface area contributed by atoms with Crippen LogP contribution >= 0.6 is 23.4 Å². The molecule has 0 N–H and O–H groups in total. The third-order valence-electron chi connectivity index (χ3n) is 4.44. The second kappa shape index (κ2) is 10.5. The van der Waals surface area contributed by atoms with Crippen molar-refractivity contribution in [1.82, 2.24) is 19.1 Å². The van der Waals surface area contributed by atoms with Crippen LogP contribution in [0.15, 0.2) is 50.0 Å². The fourth-order valence-electron chi connectivity index (χ4n) is 2.91. The van der Waals surface area contributed by atoms with E-state index in [0.29, 0.717) is 27.0 Å². The molecule has 186 valence electrons. The number of hydrogen-bond acceptors (Lipinski definition) is 8. The molecule has 3 heterocycles. The van der Waals surface area contributed by atoms with Gasteiger partial charge in [-0.25, -0.2) is 37.3 Å². The van der Waals surface area contributed by atoms with Crippen LogP contribution in [-0.2, 0) is 22.5 Å². The van der Waals surface area contributed by atoms with Crippen molar-refractivity contribution in [2.75, 3.05) is 13.2 Å². The van der Waals surface area contributed by atoms with Gasteiger partial charge in [-0.2, -0.15) is 0 Å². The molecular weight excluding hydrogens is 513 g/mol. The number of aromatic nitrogens is 4. The minimum atomic E-state index is -3.49. The number of halogens is 4. The summed E-state index contributed by atoms with van der Waals surface area (Å²) in [6, 6.07) is 4.48. The van der Waals surface area contributed by atoms with E-state index in [9.17, 15) is 27.6 Å².